The van der Waals surface area contributed by atoms with Gasteiger partial charge in [-0.25, -0.2) is 0 Å². The summed E-state index contributed by atoms with van der Waals surface area (Å²) < 4.78 is 43.9. The molecular weight excluding hydrogens is 443 g/mol. The largest absolute Gasteiger partial charge is 0.497 e. The molecule has 2 amide bonds. The molecule has 2 aliphatic heterocycles. The summed E-state index contributed by atoms with van der Waals surface area (Å²) in [5, 5.41) is 1.84. The molecule has 1 saturated heterocycles. The molecule has 2 aliphatic rings. The molecule has 0 unspecified atom stereocenters. The van der Waals surface area contributed by atoms with Crippen LogP contribution in [0.4, 0.5) is 24.5 Å². The second-order valence-corrected chi connectivity index (χ2v) is 8.82. The second kappa shape index (κ2) is 8.93. The van der Waals surface area contributed by atoms with Crippen LogP contribution in [-0.4, -0.2) is 55.3 Å². The van der Waals surface area contributed by atoms with Gasteiger partial charge in [0, 0.05) is 43.2 Å². The van der Waals surface area contributed by atoms with Gasteiger partial charge in [0.1, 0.15) is 5.75 Å². The number of fused-ring (bicyclic) bond motifs is 1. The third-order valence-corrected chi connectivity index (χ3v) is 6.83. The van der Waals surface area contributed by atoms with Crippen molar-refractivity contribution in [2.45, 2.75) is 22.7 Å². The fraction of sp³-hybridized carbons (Fsp3) is 0.364. The highest BCUT2D eigenvalue weighted by molar-refractivity contribution is 8.01. The van der Waals surface area contributed by atoms with Gasteiger partial charge in [-0.05, 0) is 42.5 Å². The van der Waals surface area contributed by atoms with E-state index < -0.39 is 22.9 Å². The summed E-state index contributed by atoms with van der Waals surface area (Å²) >= 11 is 1.13. The summed E-state index contributed by atoms with van der Waals surface area (Å²) in [6.45, 7) is 2.42. The number of alkyl halides is 3. The SMILES string of the molecule is COc1ccc(N2CCN(C(=O)C[C@H]3Sc4ccc(C(F)(F)F)cc4NC3=O)CC2)cc1. The zero-order valence-corrected chi connectivity index (χ0v) is 18.1. The molecule has 2 aromatic carbocycles. The molecule has 1 N–H and O–H groups in total. The third-order valence-electron chi connectivity index (χ3n) is 5.56. The minimum Gasteiger partial charge on any atom is -0.497 e. The van der Waals surface area contributed by atoms with E-state index in [-0.39, 0.29) is 18.0 Å². The first-order valence-corrected chi connectivity index (χ1v) is 11.0. The number of methoxy groups -OCH3 is 1. The Hall–Kier alpha value is -2.88. The maximum absolute atomic E-state index is 12.9. The second-order valence-electron chi connectivity index (χ2n) is 7.57. The third kappa shape index (κ3) is 4.79. The maximum Gasteiger partial charge on any atom is 0.416 e. The number of piperazine rings is 1. The van der Waals surface area contributed by atoms with Crippen molar-refractivity contribution in [1.82, 2.24) is 4.90 Å². The zero-order valence-electron chi connectivity index (χ0n) is 17.3. The van der Waals surface area contributed by atoms with Crippen molar-refractivity contribution in [2.24, 2.45) is 0 Å². The van der Waals surface area contributed by atoms with Crippen LogP contribution in [0.2, 0.25) is 0 Å². The monoisotopic (exact) mass is 465 g/mol. The van der Waals surface area contributed by atoms with Crippen LogP contribution < -0.4 is 15.0 Å². The summed E-state index contributed by atoms with van der Waals surface area (Å²) in [7, 11) is 1.61. The predicted octanol–water partition coefficient (Wildman–Crippen LogP) is 3.87. The molecular formula is C22H22F3N3O3S. The van der Waals surface area contributed by atoms with Crippen LogP contribution in [0.15, 0.2) is 47.4 Å². The van der Waals surface area contributed by atoms with Crippen LogP contribution in [0.5, 0.6) is 5.75 Å². The van der Waals surface area contributed by atoms with Crippen LogP contribution in [-0.2, 0) is 15.8 Å². The van der Waals surface area contributed by atoms with Gasteiger partial charge in [0.05, 0.1) is 23.6 Å². The van der Waals surface area contributed by atoms with Gasteiger partial charge in [0.2, 0.25) is 11.8 Å². The first-order chi connectivity index (χ1) is 15.2. The lowest BCUT2D eigenvalue weighted by atomic mass is 10.1. The minimum atomic E-state index is -4.48. The fourth-order valence-corrected chi connectivity index (χ4v) is 4.84. The molecule has 0 aromatic heterocycles. The van der Waals surface area contributed by atoms with E-state index >= 15 is 0 Å². The van der Waals surface area contributed by atoms with Gasteiger partial charge >= 0.3 is 6.18 Å². The molecule has 2 heterocycles. The molecule has 2 aromatic rings. The number of hydrogen-bond acceptors (Lipinski definition) is 5. The summed E-state index contributed by atoms with van der Waals surface area (Å²) in [6, 6.07) is 11.0. The lowest BCUT2D eigenvalue weighted by Gasteiger charge is -2.37. The number of nitrogens with zero attached hydrogens (tertiary/aromatic N) is 2. The molecule has 10 heteroatoms. The van der Waals surface area contributed by atoms with Crippen molar-refractivity contribution < 1.29 is 27.5 Å². The Morgan fingerprint density at radius 3 is 2.44 bits per heavy atom. The molecule has 4 rings (SSSR count). The van der Waals surface area contributed by atoms with Crippen molar-refractivity contribution in [3.8, 4) is 5.75 Å². The quantitative estimate of drug-likeness (QED) is 0.743. The first-order valence-electron chi connectivity index (χ1n) is 10.1. The van der Waals surface area contributed by atoms with Gasteiger partial charge in [-0.3, -0.25) is 9.59 Å². The number of anilines is 2. The molecule has 0 saturated carbocycles. The van der Waals surface area contributed by atoms with Gasteiger partial charge < -0.3 is 19.9 Å². The van der Waals surface area contributed by atoms with Crippen LogP contribution in [0, 0.1) is 0 Å². The van der Waals surface area contributed by atoms with Crippen LogP contribution >= 0.6 is 11.8 Å². The Labute approximate surface area is 187 Å². The number of thioether (sulfide) groups is 1. The maximum atomic E-state index is 12.9. The van der Waals surface area contributed by atoms with Crippen LogP contribution in [0.3, 0.4) is 0 Å². The number of hydrogen-bond donors (Lipinski definition) is 1. The molecule has 0 aliphatic carbocycles. The van der Waals surface area contributed by atoms with Crippen molar-refractivity contribution in [3.63, 3.8) is 0 Å². The van der Waals surface area contributed by atoms with Gasteiger partial charge in [-0.1, -0.05) is 0 Å². The van der Waals surface area contributed by atoms with Crippen molar-refractivity contribution in [2.75, 3.05) is 43.5 Å². The van der Waals surface area contributed by atoms with E-state index in [0.29, 0.717) is 31.1 Å². The van der Waals surface area contributed by atoms with Crippen molar-refractivity contribution in [3.05, 3.63) is 48.0 Å². The molecule has 1 fully saturated rings. The van der Waals surface area contributed by atoms with Gasteiger partial charge in [0.15, 0.2) is 0 Å². The molecule has 6 nitrogen and oxygen atoms in total. The summed E-state index contributed by atoms with van der Waals surface area (Å²) in [6.07, 6.45) is -4.48. The summed E-state index contributed by atoms with van der Waals surface area (Å²) in [5.41, 5.74) is 0.364. The van der Waals surface area contributed by atoms with Gasteiger partial charge in [-0.15, -0.1) is 11.8 Å². The zero-order chi connectivity index (χ0) is 22.9. The highest BCUT2D eigenvalue weighted by Gasteiger charge is 2.35. The summed E-state index contributed by atoms with van der Waals surface area (Å²) in [4.78, 5) is 29.6. The highest BCUT2D eigenvalue weighted by atomic mass is 32.2. The Kier molecular flexibility index (Phi) is 6.23. The number of nitrogens with one attached hydrogen (secondary N) is 1. The van der Waals surface area contributed by atoms with E-state index in [4.69, 9.17) is 4.74 Å². The van der Waals surface area contributed by atoms with Gasteiger partial charge in [0.25, 0.3) is 0 Å². The average molecular weight is 465 g/mol. The van der Waals surface area contributed by atoms with Crippen LogP contribution in [0.25, 0.3) is 0 Å². The lowest BCUT2D eigenvalue weighted by Crippen LogP contribution is -2.49. The van der Waals surface area contributed by atoms with Crippen LogP contribution in [0.1, 0.15) is 12.0 Å². The van der Waals surface area contributed by atoms with E-state index in [2.05, 4.69) is 10.2 Å². The van der Waals surface area contributed by atoms with E-state index in [1.54, 1.807) is 12.0 Å². The lowest BCUT2D eigenvalue weighted by molar-refractivity contribution is -0.137. The van der Waals surface area contributed by atoms with E-state index in [1.807, 2.05) is 24.3 Å². The minimum absolute atomic E-state index is 0.000498. The Bertz CT molecular complexity index is 1010. The van der Waals surface area contributed by atoms with Crippen molar-refractivity contribution in [1.29, 1.82) is 0 Å². The van der Waals surface area contributed by atoms with Crippen molar-refractivity contribution >= 4 is 35.0 Å². The normalized spacial score (nSPS) is 18.8. The van der Waals surface area contributed by atoms with E-state index in [0.717, 1.165) is 35.3 Å². The molecule has 32 heavy (non-hydrogen) atoms. The Morgan fingerprint density at radius 2 is 1.81 bits per heavy atom. The number of rotatable bonds is 4. The number of ether oxygens (including phenoxy) is 1. The van der Waals surface area contributed by atoms with E-state index in [9.17, 15) is 22.8 Å². The number of amides is 2. The Balaban J connectivity index is 1.34. The fourth-order valence-electron chi connectivity index (χ4n) is 3.76. The standard InChI is InChI=1S/C22H22F3N3O3S/c1-31-16-5-3-15(4-6-16)27-8-10-28(11-9-27)20(29)13-19-21(30)26-17-12-14(22(23,24)25)2-7-18(17)32-19/h2-7,12,19H,8-11,13H2,1H3,(H,26,30)/t19-/m1/s1. The number of carbonyl (C=O) groups excluding carboxylic acids is 2. The van der Waals surface area contributed by atoms with E-state index in [1.165, 1.54) is 6.07 Å². The predicted molar refractivity (Wildman–Crippen MR) is 116 cm³/mol. The molecule has 0 spiro atoms. The number of benzene rings is 2. The molecule has 0 radical (unpaired) electrons. The highest BCUT2D eigenvalue weighted by Crippen LogP contribution is 2.40. The topological polar surface area (TPSA) is 61.9 Å². The summed E-state index contributed by atoms with van der Waals surface area (Å²) in [5.74, 6) is 0.191. The Morgan fingerprint density at radius 1 is 1.12 bits per heavy atom. The molecule has 170 valence electrons. The molecule has 1 atom stereocenters. The average Bonchev–Trinajstić information content (AvgIpc) is 2.78. The van der Waals surface area contributed by atoms with Gasteiger partial charge in [-0.2, -0.15) is 13.2 Å². The molecule has 0 bridgehead atoms. The number of carbonyl (C=O) groups is 2. The number of halogens is 3. The smallest absolute Gasteiger partial charge is 0.416 e. The first kappa shape index (κ1) is 22.3.